The van der Waals surface area contributed by atoms with Crippen LogP contribution in [0.3, 0.4) is 0 Å². The SMILES string of the molecule is C=CC12CCc3cc(O)ccc3[C@H]1[C@@H](CCCCC[C@H](O)C(F)(F)F)C[C@]1(C)[C@@H](O)CC[C@@H]21. The molecule has 0 amide bonds. The first-order valence-corrected chi connectivity index (χ1v) is 12.4. The number of alkyl halides is 3. The summed E-state index contributed by atoms with van der Waals surface area (Å²) in [6.45, 7) is 6.51. The number of aliphatic hydroxyl groups excluding tert-OH is 2. The third kappa shape index (κ3) is 4.22. The molecule has 6 heteroatoms. The van der Waals surface area contributed by atoms with E-state index in [1.54, 1.807) is 6.07 Å². The van der Waals surface area contributed by atoms with Crippen molar-refractivity contribution in [2.24, 2.45) is 22.7 Å². The van der Waals surface area contributed by atoms with E-state index in [4.69, 9.17) is 0 Å². The van der Waals surface area contributed by atoms with Gasteiger partial charge in [0.1, 0.15) is 11.9 Å². The number of phenols is 1. The van der Waals surface area contributed by atoms with E-state index in [9.17, 15) is 28.5 Å². The molecule has 0 spiro atoms. The van der Waals surface area contributed by atoms with Crippen molar-refractivity contribution in [1.82, 2.24) is 0 Å². The molecule has 3 aliphatic rings. The summed E-state index contributed by atoms with van der Waals surface area (Å²) in [7, 11) is 0. The first kappa shape index (κ1) is 24.6. The van der Waals surface area contributed by atoms with Crippen LogP contribution < -0.4 is 0 Å². The molecule has 7 atom stereocenters. The monoisotopic (exact) mass is 466 g/mol. The number of hydrogen-bond donors (Lipinski definition) is 3. The van der Waals surface area contributed by atoms with E-state index in [2.05, 4.69) is 19.6 Å². The Hall–Kier alpha value is -1.53. The van der Waals surface area contributed by atoms with E-state index >= 15 is 0 Å². The molecule has 1 aromatic rings. The minimum atomic E-state index is -4.55. The molecule has 4 rings (SSSR count). The zero-order chi connectivity index (χ0) is 24.0. The molecule has 1 unspecified atom stereocenters. The van der Waals surface area contributed by atoms with Gasteiger partial charge < -0.3 is 15.3 Å². The highest BCUT2D eigenvalue weighted by molar-refractivity contribution is 5.43. The summed E-state index contributed by atoms with van der Waals surface area (Å²) in [6, 6.07) is 5.67. The van der Waals surface area contributed by atoms with Crippen LogP contribution in [0.5, 0.6) is 5.75 Å². The molecule has 1 aromatic carbocycles. The van der Waals surface area contributed by atoms with Gasteiger partial charge in [0.2, 0.25) is 0 Å². The Morgan fingerprint density at radius 2 is 1.97 bits per heavy atom. The third-order valence-electron chi connectivity index (χ3n) is 9.29. The van der Waals surface area contributed by atoms with Crippen molar-refractivity contribution in [3.05, 3.63) is 42.0 Å². The van der Waals surface area contributed by atoms with E-state index in [1.807, 2.05) is 12.1 Å². The van der Waals surface area contributed by atoms with Gasteiger partial charge in [0, 0.05) is 0 Å². The summed E-state index contributed by atoms with van der Waals surface area (Å²) in [4.78, 5) is 0. The number of unbranched alkanes of at least 4 members (excludes halogenated alkanes) is 2. The van der Waals surface area contributed by atoms with Crippen molar-refractivity contribution < 1.29 is 28.5 Å². The number of phenolic OH excluding ortho intramolecular Hbond substituents is 1. The summed E-state index contributed by atoms with van der Waals surface area (Å²) >= 11 is 0. The second-order valence-electron chi connectivity index (χ2n) is 11.0. The van der Waals surface area contributed by atoms with Crippen LogP contribution >= 0.6 is 0 Å². The normalized spacial score (nSPS) is 36.5. The Balaban J connectivity index is 1.57. The Labute approximate surface area is 194 Å². The first-order valence-electron chi connectivity index (χ1n) is 12.4. The van der Waals surface area contributed by atoms with Crippen LogP contribution in [0.25, 0.3) is 0 Å². The summed E-state index contributed by atoms with van der Waals surface area (Å²) in [5.41, 5.74) is 2.14. The molecule has 184 valence electrons. The molecule has 0 saturated heterocycles. The van der Waals surface area contributed by atoms with E-state index in [0.717, 1.165) is 44.9 Å². The second kappa shape index (κ2) is 8.92. The van der Waals surface area contributed by atoms with Crippen LogP contribution in [-0.2, 0) is 6.42 Å². The quantitative estimate of drug-likeness (QED) is 0.328. The largest absolute Gasteiger partial charge is 0.508 e. The minimum absolute atomic E-state index is 0.119. The van der Waals surface area contributed by atoms with Gasteiger partial charge in [0.05, 0.1) is 6.10 Å². The smallest absolute Gasteiger partial charge is 0.414 e. The Bertz CT molecular complexity index is 869. The molecular weight excluding hydrogens is 429 g/mol. The number of aromatic hydroxyl groups is 1. The predicted molar refractivity (Wildman–Crippen MR) is 122 cm³/mol. The molecule has 0 heterocycles. The maximum atomic E-state index is 12.6. The summed E-state index contributed by atoms with van der Waals surface area (Å²) in [6.07, 6.45) is 1.89. The second-order valence-corrected chi connectivity index (χ2v) is 11.0. The summed E-state index contributed by atoms with van der Waals surface area (Å²) in [5.74, 6) is 1.15. The Morgan fingerprint density at radius 1 is 1.21 bits per heavy atom. The molecule has 3 nitrogen and oxygen atoms in total. The van der Waals surface area contributed by atoms with Crippen molar-refractivity contribution >= 4 is 0 Å². The molecular formula is C27H37F3O3. The average molecular weight is 467 g/mol. The third-order valence-corrected chi connectivity index (χ3v) is 9.29. The lowest BCUT2D eigenvalue weighted by atomic mass is 9.44. The van der Waals surface area contributed by atoms with Gasteiger partial charge in [-0.05, 0) is 96.8 Å². The van der Waals surface area contributed by atoms with Gasteiger partial charge in [0.25, 0.3) is 0 Å². The van der Waals surface area contributed by atoms with Gasteiger partial charge in [0.15, 0.2) is 0 Å². The van der Waals surface area contributed by atoms with Crippen LogP contribution in [0.2, 0.25) is 0 Å². The number of rotatable bonds is 7. The highest BCUT2D eigenvalue weighted by Gasteiger charge is 2.63. The highest BCUT2D eigenvalue weighted by atomic mass is 19.4. The molecule has 2 saturated carbocycles. The van der Waals surface area contributed by atoms with Crippen LogP contribution in [0, 0.1) is 22.7 Å². The average Bonchev–Trinajstić information content (AvgIpc) is 3.06. The highest BCUT2D eigenvalue weighted by Crippen LogP contribution is 2.69. The molecule has 0 aromatic heterocycles. The van der Waals surface area contributed by atoms with Gasteiger partial charge in [-0.3, -0.25) is 0 Å². The van der Waals surface area contributed by atoms with Crippen molar-refractivity contribution in [1.29, 1.82) is 0 Å². The molecule has 33 heavy (non-hydrogen) atoms. The van der Waals surface area contributed by atoms with E-state index < -0.39 is 12.3 Å². The van der Waals surface area contributed by atoms with Crippen LogP contribution in [0.1, 0.15) is 81.8 Å². The van der Waals surface area contributed by atoms with Crippen molar-refractivity contribution in [2.75, 3.05) is 0 Å². The number of aliphatic hydroxyl groups is 2. The summed E-state index contributed by atoms with van der Waals surface area (Å²) < 4.78 is 37.8. The molecule has 0 bridgehead atoms. The number of halogens is 3. The molecule has 0 aliphatic heterocycles. The van der Waals surface area contributed by atoms with Crippen LogP contribution in [-0.4, -0.2) is 33.7 Å². The standard InChI is InChI=1S/C27H37F3O3/c1-3-26-14-13-17-15-19(31)9-10-20(17)24(26)18(16-25(2)21(26)11-12-22(25)32)7-5-4-6-8-23(33)27(28,29)30/h3,9-10,15,18,21-24,31-33H,1,4-8,11-14,16H2,2H3/t18-,21+,22-,23-,24+,25-,26?/m0/s1. The van der Waals surface area contributed by atoms with Crippen molar-refractivity contribution in [3.8, 4) is 5.75 Å². The zero-order valence-electron chi connectivity index (χ0n) is 19.4. The van der Waals surface area contributed by atoms with Gasteiger partial charge in [-0.25, -0.2) is 0 Å². The van der Waals surface area contributed by atoms with Crippen molar-refractivity contribution in [3.63, 3.8) is 0 Å². The molecule has 2 fully saturated rings. The fraction of sp³-hybridized carbons (Fsp3) is 0.704. The number of hydrogen-bond acceptors (Lipinski definition) is 3. The van der Waals surface area contributed by atoms with Crippen LogP contribution in [0.15, 0.2) is 30.9 Å². The summed E-state index contributed by atoms with van der Waals surface area (Å²) in [5, 5.41) is 30.3. The van der Waals surface area contributed by atoms with Gasteiger partial charge in [-0.1, -0.05) is 38.3 Å². The van der Waals surface area contributed by atoms with E-state index in [1.165, 1.54) is 11.1 Å². The maximum absolute atomic E-state index is 12.6. The molecule has 3 N–H and O–H groups in total. The Kier molecular flexibility index (Phi) is 6.65. The lowest BCUT2D eigenvalue weighted by Crippen LogP contribution is -2.54. The van der Waals surface area contributed by atoms with Gasteiger partial charge >= 0.3 is 6.18 Å². The maximum Gasteiger partial charge on any atom is 0.414 e. The van der Waals surface area contributed by atoms with Crippen LogP contribution in [0.4, 0.5) is 13.2 Å². The number of aryl methyl sites for hydroxylation is 1. The van der Waals surface area contributed by atoms with Gasteiger partial charge in [-0.2, -0.15) is 13.2 Å². The number of benzene rings is 1. The lowest BCUT2D eigenvalue weighted by Gasteiger charge is -2.60. The first-order chi connectivity index (χ1) is 15.5. The minimum Gasteiger partial charge on any atom is -0.508 e. The fourth-order valence-corrected chi connectivity index (χ4v) is 7.78. The lowest BCUT2D eigenvalue weighted by molar-refractivity contribution is -0.205. The molecule has 0 radical (unpaired) electrons. The van der Waals surface area contributed by atoms with E-state index in [0.29, 0.717) is 18.8 Å². The fourth-order valence-electron chi connectivity index (χ4n) is 7.78. The zero-order valence-corrected chi connectivity index (χ0v) is 19.4. The number of fused-ring (bicyclic) bond motifs is 5. The number of allylic oxidation sites excluding steroid dienone is 1. The van der Waals surface area contributed by atoms with E-state index in [-0.39, 0.29) is 40.9 Å². The molecule has 3 aliphatic carbocycles. The van der Waals surface area contributed by atoms with Gasteiger partial charge in [-0.15, -0.1) is 6.58 Å². The van der Waals surface area contributed by atoms with Crippen molar-refractivity contribution in [2.45, 2.75) is 95.4 Å². The predicted octanol–water partition coefficient (Wildman–Crippen LogP) is 6.27. The topological polar surface area (TPSA) is 60.7 Å². The Morgan fingerprint density at radius 3 is 2.67 bits per heavy atom.